The molecule has 0 unspecified atom stereocenters. The maximum absolute atomic E-state index is 15.4. The molecule has 28 heteroatoms. The number of para-hydroxylation sites is 3. The summed E-state index contributed by atoms with van der Waals surface area (Å²) < 4.78 is 333. The molecule has 82 heavy (non-hydrogen) atoms. The Labute approximate surface area is 456 Å². The van der Waals surface area contributed by atoms with Crippen molar-refractivity contribution in [2.75, 3.05) is 59.5 Å². The Balaban J connectivity index is 0.000000269. The van der Waals surface area contributed by atoms with Crippen LogP contribution in [0.2, 0.25) is 0 Å². The Bertz CT molecular complexity index is 2940. The van der Waals surface area contributed by atoms with Gasteiger partial charge in [-0.2, -0.15) is 0 Å². The van der Waals surface area contributed by atoms with Crippen molar-refractivity contribution in [2.24, 2.45) is 0 Å². The van der Waals surface area contributed by atoms with Crippen molar-refractivity contribution in [2.45, 2.75) is 20.8 Å². The van der Waals surface area contributed by atoms with Crippen molar-refractivity contribution in [1.29, 1.82) is 0 Å². The fraction of sp³-hybridized carbons (Fsp3) is 0.222. The molecule has 440 valence electrons. The van der Waals surface area contributed by atoms with Gasteiger partial charge in [0.1, 0.15) is 52.7 Å². The largest absolute Gasteiger partial charge is 0.207 e. The van der Waals surface area contributed by atoms with Crippen LogP contribution in [-0.2, 0) is 14.2 Å². The van der Waals surface area contributed by atoms with E-state index in [-0.39, 0.29) is 0 Å². The fourth-order valence-corrected chi connectivity index (χ4v) is 13.4. The van der Waals surface area contributed by atoms with Crippen LogP contribution < -0.4 is 49.4 Å². The van der Waals surface area contributed by atoms with Crippen molar-refractivity contribution in [3.05, 3.63) is 189 Å². The number of ether oxygens (including phenoxy) is 6. The SMILES string of the molecule is CCOCCOc1ccccc1[Se+](c1ccccc1OCCOCC)c1ccccc1OCCOCC.Fc1c(F)c(F)c([B-](c2c(F)c(F)c(F)c(F)c2F)(c2c(F)c(F)c(F)c(F)c2F)c2c(F)c(F)c(F)c(F)c2F)c(F)c1F. The van der Waals surface area contributed by atoms with Crippen molar-refractivity contribution in [3.63, 3.8) is 0 Å². The number of hydrogen-bond acceptors (Lipinski definition) is 6. The molecule has 0 fully saturated rings. The molecule has 7 aromatic rings. The van der Waals surface area contributed by atoms with E-state index in [1.165, 1.54) is 0 Å². The van der Waals surface area contributed by atoms with Crippen molar-refractivity contribution in [1.82, 2.24) is 0 Å². The molecule has 0 aliphatic rings. The Kier molecular flexibility index (Phi) is 21.8. The van der Waals surface area contributed by atoms with Crippen molar-refractivity contribution in [3.8, 4) is 17.2 Å². The van der Waals surface area contributed by atoms with Crippen LogP contribution in [0.25, 0.3) is 0 Å². The number of benzene rings is 7. The predicted molar refractivity (Wildman–Crippen MR) is 259 cm³/mol. The molecule has 7 aromatic carbocycles. The van der Waals surface area contributed by atoms with E-state index in [1.807, 2.05) is 57.2 Å². The molecule has 0 heterocycles. The summed E-state index contributed by atoms with van der Waals surface area (Å²) in [5, 5.41) is 0. The molecule has 0 spiro atoms. The van der Waals surface area contributed by atoms with Gasteiger partial charge in [-0.25, -0.2) is 87.8 Å². The molecule has 0 radical (unpaired) electrons. The smallest absolute Gasteiger partial charge is 0.200 e. The minimum Gasteiger partial charge on any atom is -0.207 e. The first kappa shape index (κ1) is 64.2. The maximum Gasteiger partial charge on any atom is 0.200 e. The van der Waals surface area contributed by atoms with Gasteiger partial charge in [-0.3, -0.25) is 0 Å². The second-order valence-electron chi connectivity index (χ2n) is 16.6. The first-order valence-corrected chi connectivity index (χ1v) is 26.4. The quantitative estimate of drug-likeness (QED) is 0.0222. The minimum absolute atomic E-state index is 0.489. The summed E-state index contributed by atoms with van der Waals surface area (Å²) in [6, 6.07) is 24.8. The molecule has 0 N–H and O–H groups in total. The van der Waals surface area contributed by atoms with Crippen LogP contribution in [0, 0.1) is 116 Å². The molecular weight excluding hydrogens is 1210 g/mol. The van der Waals surface area contributed by atoms with Crippen LogP contribution in [0.15, 0.2) is 72.8 Å². The Hall–Kier alpha value is -7.00. The summed E-state index contributed by atoms with van der Waals surface area (Å²) in [5.41, 5.74) is -14.3. The van der Waals surface area contributed by atoms with E-state index >= 15 is 35.1 Å². The first-order valence-electron chi connectivity index (χ1n) is 23.9. The number of halogens is 20. The van der Waals surface area contributed by atoms with Crippen LogP contribution >= 0.6 is 0 Å². The van der Waals surface area contributed by atoms with E-state index in [9.17, 15) is 52.7 Å². The molecule has 0 atom stereocenters. The van der Waals surface area contributed by atoms with Gasteiger partial charge >= 0.3 is 226 Å². The number of rotatable bonds is 22. The molecule has 0 aliphatic heterocycles. The van der Waals surface area contributed by atoms with Gasteiger partial charge in [-0.05, 0) is 0 Å². The van der Waals surface area contributed by atoms with Gasteiger partial charge in [0.25, 0.3) is 0 Å². The molecule has 7 rings (SSSR count). The van der Waals surface area contributed by atoms with Crippen LogP contribution in [0.1, 0.15) is 20.8 Å². The summed E-state index contributed by atoms with van der Waals surface area (Å²) >= 11 is -1.91. The third kappa shape index (κ3) is 12.2. The Morgan fingerprint density at radius 3 is 0.646 bits per heavy atom. The third-order valence-corrected chi connectivity index (χ3v) is 16.9. The van der Waals surface area contributed by atoms with Crippen LogP contribution in [0.5, 0.6) is 17.2 Å². The Morgan fingerprint density at radius 1 is 0.268 bits per heavy atom. The molecule has 0 amide bonds. The van der Waals surface area contributed by atoms with Gasteiger partial charge in [0.15, 0.2) is 69.8 Å². The van der Waals surface area contributed by atoms with E-state index in [1.54, 1.807) is 0 Å². The van der Waals surface area contributed by atoms with Crippen molar-refractivity contribution < 1.29 is 116 Å². The van der Waals surface area contributed by atoms with E-state index in [2.05, 4.69) is 36.4 Å². The second-order valence-corrected chi connectivity index (χ2v) is 20.6. The molecular formula is C54H39BF20O6Se. The summed E-state index contributed by atoms with van der Waals surface area (Å²) in [7, 11) is 0. The van der Waals surface area contributed by atoms with E-state index in [0.717, 1.165) is 30.6 Å². The normalized spacial score (nSPS) is 11.6. The molecule has 0 bridgehead atoms. The van der Waals surface area contributed by atoms with Gasteiger partial charge in [0, 0.05) is 0 Å². The minimum atomic E-state index is -7.22. The van der Waals surface area contributed by atoms with Crippen LogP contribution in [-0.4, -0.2) is 79.5 Å². The predicted octanol–water partition coefficient (Wildman–Crippen LogP) is 9.29. The van der Waals surface area contributed by atoms with E-state index in [4.69, 9.17) is 28.4 Å². The number of hydrogen-bond donors (Lipinski definition) is 0. The second kappa shape index (κ2) is 27.9. The standard InChI is InChI=1S/C30H39O6Se.C24BF20/c1-4-31-19-22-34-25-13-7-10-16-28(25)37(29-17-11-8-14-26(29)35-23-20-32-5-2)30-18-12-9-15-27(30)36-24-21-33-6-3;26-5-1(6(27)14(35)21(42)13(5)34)25(2-7(28)15(36)22(43)16(37)8(2)29,3-9(30)17(38)23(44)18(39)10(3)31)4-11(32)19(40)24(45)20(41)12(4)33/h7-18H,4-6,19-24H2,1-3H3;/q+1;-1. The van der Waals surface area contributed by atoms with Gasteiger partial charge in [-0.1, -0.05) is 0 Å². The average molecular weight is 1250 g/mol. The molecule has 0 saturated heterocycles. The average Bonchev–Trinajstić information content (AvgIpc) is 1.02. The summed E-state index contributed by atoms with van der Waals surface area (Å²) in [6.45, 7) is 11.1. The zero-order valence-corrected chi connectivity index (χ0v) is 44.0. The zero-order chi connectivity index (χ0) is 60.5. The fourth-order valence-electron chi connectivity index (χ4n) is 8.51. The Morgan fingerprint density at radius 2 is 0.451 bits per heavy atom. The maximum atomic E-state index is 15.4. The van der Waals surface area contributed by atoms with Crippen molar-refractivity contribution >= 4 is 55.3 Å². The van der Waals surface area contributed by atoms with E-state index in [0.29, 0.717) is 59.5 Å². The van der Waals surface area contributed by atoms with Gasteiger partial charge in [0.05, 0.1) is 0 Å². The van der Waals surface area contributed by atoms with Gasteiger partial charge in [-0.15, -0.1) is 21.9 Å². The third-order valence-electron chi connectivity index (χ3n) is 12.0. The summed E-state index contributed by atoms with van der Waals surface area (Å²) in [5.74, 6) is -68.8. The summed E-state index contributed by atoms with van der Waals surface area (Å²) in [4.78, 5) is 0. The van der Waals surface area contributed by atoms with Gasteiger partial charge in [0.2, 0.25) is 0 Å². The first-order chi connectivity index (χ1) is 39.0. The molecule has 0 aliphatic carbocycles. The molecule has 0 saturated carbocycles. The molecule has 0 aromatic heterocycles. The topological polar surface area (TPSA) is 55.4 Å². The monoisotopic (exact) mass is 1250 g/mol. The van der Waals surface area contributed by atoms with Crippen LogP contribution in [0.3, 0.4) is 0 Å². The molecule has 6 nitrogen and oxygen atoms in total. The van der Waals surface area contributed by atoms with Crippen LogP contribution in [0.4, 0.5) is 87.8 Å². The zero-order valence-electron chi connectivity index (χ0n) is 42.3. The van der Waals surface area contributed by atoms with Gasteiger partial charge < -0.3 is 0 Å². The van der Waals surface area contributed by atoms with E-state index < -0.39 is 158 Å². The summed E-state index contributed by atoms with van der Waals surface area (Å²) in [6.07, 6.45) is -7.22.